The molecule has 0 aliphatic carbocycles. The Balaban J connectivity index is 2.37. The van der Waals surface area contributed by atoms with E-state index in [9.17, 15) is 4.79 Å². The molecule has 1 aromatic carbocycles. The Morgan fingerprint density at radius 2 is 1.50 bits per heavy atom. The number of carbonyl (C=O) groups is 1. The second-order valence-electron chi connectivity index (χ2n) is 8.04. The average Bonchev–Trinajstić information content (AvgIpc) is 2.34. The Bertz CT molecular complexity index is 536. The number of rotatable bonds is 3. The molecule has 2 nitrogen and oxygen atoms in total. The zero-order valence-electron chi connectivity index (χ0n) is 15.0. The summed E-state index contributed by atoms with van der Waals surface area (Å²) in [6.45, 7) is 15.6. The van der Waals surface area contributed by atoms with Crippen molar-refractivity contribution in [2.45, 2.75) is 77.3 Å². The van der Waals surface area contributed by atoms with Crippen molar-refractivity contribution in [3.63, 3.8) is 0 Å². The van der Waals surface area contributed by atoms with Crippen LogP contribution >= 0.6 is 11.9 Å². The van der Waals surface area contributed by atoms with E-state index in [-0.39, 0.29) is 17.0 Å². The first kappa shape index (κ1) is 17.6. The van der Waals surface area contributed by atoms with Crippen LogP contribution in [0.15, 0.2) is 17.0 Å². The second kappa shape index (κ2) is 6.01. The van der Waals surface area contributed by atoms with Crippen LogP contribution in [0.1, 0.15) is 57.2 Å². The van der Waals surface area contributed by atoms with Crippen molar-refractivity contribution in [1.82, 2.24) is 4.31 Å². The van der Waals surface area contributed by atoms with Gasteiger partial charge in [0.25, 0.3) is 0 Å². The topological polar surface area (TPSA) is 20.3 Å². The van der Waals surface area contributed by atoms with Crippen molar-refractivity contribution < 1.29 is 4.79 Å². The SMILES string of the molecule is Cc1cc(C)c(SN2C(C)(C)CC(C=O)CC2(C)C)c(C)c1. The normalized spacial score (nSPS) is 21.8. The minimum atomic E-state index is 0.00175. The molecule has 122 valence electrons. The molecule has 0 aromatic heterocycles. The summed E-state index contributed by atoms with van der Waals surface area (Å²) in [6, 6.07) is 4.51. The van der Waals surface area contributed by atoms with Gasteiger partial charge >= 0.3 is 0 Å². The molecule has 3 heteroatoms. The molecule has 0 atom stereocenters. The van der Waals surface area contributed by atoms with Gasteiger partial charge in [0, 0.05) is 21.9 Å². The molecular weight excluding hydrogens is 290 g/mol. The maximum Gasteiger partial charge on any atom is 0.123 e. The highest BCUT2D eigenvalue weighted by Gasteiger charge is 2.46. The Labute approximate surface area is 139 Å². The number of carbonyl (C=O) groups excluding carboxylic acids is 1. The van der Waals surface area contributed by atoms with E-state index in [1.165, 1.54) is 21.6 Å². The zero-order chi connectivity index (χ0) is 16.7. The van der Waals surface area contributed by atoms with Crippen LogP contribution in [0, 0.1) is 26.7 Å². The summed E-state index contributed by atoms with van der Waals surface area (Å²) in [4.78, 5) is 12.7. The van der Waals surface area contributed by atoms with Gasteiger partial charge in [0.2, 0.25) is 0 Å². The average molecular weight is 320 g/mol. The van der Waals surface area contributed by atoms with Crippen LogP contribution in [0.3, 0.4) is 0 Å². The van der Waals surface area contributed by atoms with E-state index in [1.807, 2.05) is 11.9 Å². The molecule has 1 saturated heterocycles. The van der Waals surface area contributed by atoms with Crippen LogP contribution in [-0.2, 0) is 4.79 Å². The third-order valence-electron chi connectivity index (χ3n) is 4.60. The monoisotopic (exact) mass is 319 g/mol. The quantitative estimate of drug-likeness (QED) is 0.572. The number of aryl methyl sites for hydroxylation is 3. The van der Waals surface area contributed by atoms with E-state index >= 15 is 0 Å². The van der Waals surface area contributed by atoms with Crippen molar-refractivity contribution in [2.24, 2.45) is 5.92 Å². The molecular formula is C19H29NOS. The molecule has 0 saturated carbocycles. The summed E-state index contributed by atoms with van der Waals surface area (Å²) in [6.07, 6.45) is 3.00. The summed E-state index contributed by atoms with van der Waals surface area (Å²) >= 11 is 1.87. The fourth-order valence-electron chi connectivity index (χ4n) is 4.09. The lowest BCUT2D eigenvalue weighted by atomic mass is 9.76. The molecule has 1 heterocycles. The van der Waals surface area contributed by atoms with Gasteiger partial charge in [0.05, 0.1) is 0 Å². The smallest absolute Gasteiger partial charge is 0.123 e. The van der Waals surface area contributed by atoms with Gasteiger partial charge in [-0.15, -0.1) is 0 Å². The molecule has 0 unspecified atom stereocenters. The van der Waals surface area contributed by atoms with Gasteiger partial charge in [-0.2, -0.15) is 0 Å². The van der Waals surface area contributed by atoms with E-state index in [4.69, 9.17) is 0 Å². The van der Waals surface area contributed by atoms with Gasteiger partial charge in [-0.25, -0.2) is 4.31 Å². The lowest BCUT2D eigenvalue weighted by molar-refractivity contribution is -0.115. The number of benzene rings is 1. The molecule has 0 radical (unpaired) electrons. The third kappa shape index (κ3) is 3.41. The number of hydrogen-bond acceptors (Lipinski definition) is 3. The lowest BCUT2D eigenvalue weighted by Crippen LogP contribution is -2.57. The van der Waals surface area contributed by atoms with Gasteiger partial charge in [0.1, 0.15) is 6.29 Å². The van der Waals surface area contributed by atoms with Crippen molar-refractivity contribution >= 4 is 18.2 Å². The van der Waals surface area contributed by atoms with Crippen LogP contribution in [0.2, 0.25) is 0 Å². The van der Waals surface area contributed by atoms with Crippen LogP contribution in [0.4, 0.5) is 0 Å². The van der Waals surface area contributed by atoms with E-state index in [0.29, 0.717) is 0 Å². The maximum absolute atomic E-state index is 11.3. The number of nitrogens with zero attached hydrogens (tertiary/aromatic N) is 1. The van der Waals surface area contributed by atoms with E-state index in [1.54, 1.807) is 0 Å². The predicted molar refractivity (Wildman–Crippen MR) is 95.3 cm³/mol. The van der Waals surface area contributed by atoms with Crippen LogP contribution in [0.5, 0.6) is 0 Å². The number of piperidine rings is 1. The molecule has 2 rings (SSSR count). The molecule has 1 aromatic rings. The zero-order valence-corrected chi connectivity index (χ0v) is 15.8. The van der Waals surface area contributed by atoms with Crippen molar-refractivity contribution in [3.05, 3.63) is 28.8 Å². The molecule has 0 amide bonds. The van der Waals surface area contributed by atoms with Crippen molar-refractivity contribution in [1.29, 1.82) is 0 Å². The van der Waals surface area contributed by atoms with Crippen molar-refractivity contribution in [3.8, 4) is 0 Å². The highest BCUT2D eigenvalue weighted by Crippen LogP contribution is 2.48. The number of aldehydes is 1. The molecule has 1 aliphatic rings. The summed E-state index contributed by atoms with van der Waals surface area (Å²) in [5.74, 6) is 0.169. The first-order chi connectivity index (χ1) is 10.1. The molecule has 22 heavy (non-hydrogen) atoms. The van der Waals surface area contributed by atoms with Gasteiger partial charge in [-0.05, 0) is 84.4 Å². The standard InChI is InChI=1S/C19H29NOS/c1-13-8-14(2)17(15(3)9-13)22-20-18(4,5)10-16(12-21)11-19(20,6)7/h8-9,12,16H,10-11H2,1-7H3. The molecule has 0 N–H and O–H groups in total. The number of hydrogen-bond donors (Lipinski definition) is 0. The van der Waals surface area contributed by atoms with E-state index < -0.39 is 0 Å². The fraction of sp³-hybridized carbons (Fsp3) is 0.632. The highest BCUT2D eigenvalue weighted by atomic mass is 32.2. The molecule has 0 bridgehead atoms. The maximum atomic E-state index is 11.3. The highest BCUT2D eigenvalue weighted by molar-refractivity contribution is 7.97. The summed E-state index contributed by atoms with van der Waals surface area (Å²) in [7, 11) is 0. The molecule has 1 fully saturated rings. The molecule has 0 spiro atoms. The molecule has 1 aliphatic heterocycles. The second-order valence-corrected chi connectivity index (χ2v) is 9.00. The van der Waals surface area contributed by atoms with Gasteiger partial charge < -0.3 is 4.79 Å². The van der Waals surface area contributed by atoms with Gasteiger partial charge in [0.15, 0.2) is 0 Å². The van der Waals surface area contributed by atoms with Crippen molar-refractivity contribution in [2.75, 3.05) is 0 Å². The fourth-order valence-corrected chi connectivity index (χ4v) is 5.32. The van der Waals surface area contributed by atoms with E-state index in [0.717, 1.165) is 19.1 Å². The predicted octanol–water partition coefficient (Wildman–Crippen LogP) is 5.09. The van der Waals surface area contributed by atoms with Gasteiger partial charge in [-0.1, -0.05) is 17.7 Å². The van der Waals surface area contributed by atoms with Gasteiger partial charge in [-0.3, -0.25) is 0 Å². The summed E-state index contributed by atoms with van der Waals surface area (Å²) < 4.78 is 2.52. The summed E-state index contributed by atoms with van der Waals surface area (Å²) in [5.41, 5.74) is 4.00. The minimum absolute atomic E-state index is 0.00175. The largest absolute Gasteiger partial charge is 0.303 e. The van der Waals surface area contributed by atoms with Crippen LogP contribution in [-0.4, -0.2) is 21.7 Å². The minimum Gasteiger partial charge on any atom is -0.303 e. The third-order valence-corrected chi connectivity index (χ3v) is 6.60. The Morgan fingerprint density at radius 3 is 1.91 bits per heavy atom. The summed E-state index contributed by atoms with van der Waals surface area (Å²) in [5, 5.41) is 0. The first-order valence-corrected chi connectivity index (χ1v) is 8.85. The first-order valence-electron chi connectivity index (χ1n) is 8.08. The Kier molecular flexibility index (Phi) is 4.79. The van der Waals surface area contributed by atoms with Crippen LogP contribution in [0.25, 0.3) is 0 Å². The Hall–Kier alpha value is -0.800. The Morgan fingerprint density at radius 1 is 1.05 bits per heavy atom. The van der Waals surface area contributed by atoms with Crippen LogP contribution < -0.4 is 0 Å². The van der Waals surface area contributed by atoms with E-state index in [2.05, 4.69) is 64.9 Å². The lowest BCUT2D eigenvalue weighted by Gasteiger charge is -2.53.